The molecule has 1 aliphatic rings. The number of halogens is 1. The topological polar surface area (TPSA) is 55.6 Å². The summed E-state index contributed by atoms with van der Waals surface area (Å²) in [6, 6.07) is 7.64. The fraction of sp³-hybridized carbons (Fsp3) is 0.417. The zero-order chi connectivity index (χ0) is 12.5. The molecular formula is C12H15BrN2O2. The van der Waals surface area contributed by atoms with Gasteiger partial charge < -0.3 is 15.4 Å². The van der Waals surface area contributed by atoms with Gasteiger partial charge >= 0.3 is 0 Å². The SMILES string of the molecule is CC1(CN)CN(c2ccc(Br)cc2)C(=O)CO1. The highest BCUT2D eigenvalue weighted by molar-refractivity contribution is 9.10. The van der Waals surface area contributed by atoms with Crippen LogP contribution in [0.4, 0.5) is 5.69 Å². The van der Waals surface area contributed by atoms with Gasteiger partial charge in [-0.2, -0.15) is 0 Å². The van der Waals surface area contributed by atoms with Gasteiger partial charge in [0.05, 0.1) is 12.1 Å². The first-order valence-corrected chi connectivity index (χ1v) is 6.23. The Balaban J connectivity index is 2.24. The molecule has 1 atom stereocenters. The molecule has 0 radical (unpaired) electrons. The molecule has 0 aliphatic carbocycles. The van der Waals surface area contributed by atoms with Gasteiger partial charge in [0, 0.05) is 16.7 Å². The van der Waals surface area contributed by atoms with Crippen molar-refractivity contribution in [3.63, 3.8) is 0 Å². The van der Waals surface area contributed by atoms with E-state index in [2.05, 4.69) is 15.9 Å². The number of carbonyl (C=O) groups excluding carboxylic acids is 1. The van der Waals surface area contributed by atoms with Crippen LogP contribution in [0.15, 0.2) is 28.7 Å². The van der Waals surface area contributed by atoms with E-state index in [0.717, 1.165) is 10.2 Å². The molecule has 2 N–H and O–H groups in total. The van der Waals surface area contributed by atoms with Crippen molar-refractivity contribution in [3.05, 3.63) is 28.7 Å². The van der Waals surface area contributed by atoms with Crippen molar-refractivity contribution in [1.82, 2.24) is 0 Å². The Hall–Kier alpha value is -0.910. The number of hydrogen-bond acceptors (Lipinski definition) is 3. The third-order valence-corrected chi connectivity index (χ3v) is 3.44. The fourth-order valence-corrected chi connectivity index (χ4v) is 2.03. The van der Waals surface area contributed by atoms with Gasteiger partial charge in [0.25, 0.3) is 5.91 Å². The van der Waals surface area contributed by atoms with Gasteiger partial charge in [0.15, 0.2) is 0 Å². The van der Waals surface area contributed by atoms with Crippen LogP contribution in [0.2, 0.25) is 0 Å². The lowest BCUT2D eigenvalue weighted by Crippen LogP contribution is -2.56. The summed E-state index contributed by atoms with van der Waals surface area (Å²) in [6.07, 6.45) is 0. The van der Waals surface area contributed by atoms with Crippen LogP contribution in [-0.2, 0) is 9.53 Å². The summed E-state index contributed by atoms with van der Waals surface area (Å²) in [5.74, 6) is -0.0294. The maximum Gasteiger partial charge on any atom is 0.253 e. The highest BCUT2D eigenvalue weighted by Gasteiger charge is 2.35. The number of hydrogen-bond donors (Lipinski definition) is 1. The van der Waals surface area contributed by atoms with Gasteiger partial charge in [-0.1, -0.05) is 15.9 Å². The Morgan fingerprint density at radius 1 is 1.47 bits per heavy atom. The van der Waals surface area contributed by atoms with E-state index in [-0.39, 0.29) is 12.5 Å². The molecule has 4 nitrogen and oxygen atoms in total. The third-order valence-electron chi connectivity index (χ3n) is 2.91. The van der Waals surface area contributed by atoms with Crippen LogP contribution in [0.3, 0.4) is 0 Å². The fourth-order valence-electron chi connectivity index (χ4n) is 1.76. The summed E-state index contributed by atoms with van der Waals surface area (Å²) in [6.45, 7) is 2.90. The number of ether oxygens (including phenoxy) is 1. The van der Waals surface area contributed by atoms with Gasteiger partial charge in [-0.05, 0) is 31.2 Å². The number of anilines is 1. The van der Waals surface area contributed by atoms with Crippen LogP contribution < -0.4 is 10.6 Å². The van der Waals surface area contributed by atoms with E-state index in [0.29, 0.717) is 13.1 Å². The van der Waals surface area contributed by atoms with Gasteiger partial charge in [-0.15, -0.1) is 0 Å². The number of benzene rings is 1. The van der Waals surface area contributed by atoms with Crippen LogP contribution in [-0.4, -0.2) is 31.2 Å². The van der Waals surface area contributed by atoms with Gasteiger partial charge in [-0.3, -0.25) is 4.79 Å². The molecule has 0 aromatic heterocycles. The maximum absolute atomic E-state index is 11.8. The van der Waals surface area contributed by atoms with E-state index in [1.54, 1.807) is 4.90 Å². The summed E-state index contributed by atoms with van der Waals surface area (Å²) < 4.78 is 6.47. The number of carbonyl (C=O) groups is 1. The molecule has 1 aliphatic heterocycles. The first kappa shape index (κ1) is 12.5. The van der Waals surface area contributed by atoms with Crippen molar-refractivity contribution >= 4 is 27.5 Å². The first-order chi connectivity index (χ1) is 8.04. The molecule has 92 valence electrons. The Kier molecular flexibility index (Phi) is 3.51. The highest BCUT2D eigenvalue weighted by atomic mass is 79.9. The van der Waals surface area contributed by atoms with Gasteiger partial charge in [0.1, 0.15) is 6.61 Å². The average molecular weight is 299 g/mol. The molecular weight excluding hydrogens is 284 g/mol. The lowest BCUT2D eigenvalue weighted by atomic mass is 10.0. The predicted octanol–water partition coefficient (Wildman–Crippen LogP) is 1.53. The van der Waals surface area contributed by atoms with Crippen molar-refractivity contribution in [1.29, 1.82) is 0 Å². The van der Waals surface area contributed by atoms with E-state index in [9.17, 15) is 4.79 Å². The molecule has 0 bridgehead atoms. The van der Waals surface area contributed by atoms with Crippen LogP contribution in [0.1, 0.15) is 6.92 Å². The molecule has 1 amide bonds. The van der Waals surface area contributed by atoms with Crippen LogP contribution >= 0.6 is 15.9 Å². The molecule has 1 unspecified atom stereocenters. The summed E-state index contributed by atoms with van der Waals surface area (Å²) in [4.78, 5) is 13.6. The van der Waals surface area contributed by atoms with E-state index in [4.69, 9.17) is 10.5 Å². The van der Waals surface area contributed by atoms with E-state index in [1.165, 1.54) is 0 Å². The minimum Gasteiger partial charge on any atom is -0.362 e. The number of rotatable bonds is 2. The molecule has 2 rings (SSSR count). The van der Waals surface area contributed by atoms with E-state index < -0.39 is 5.60 Å². The average Bonchev–Trinajstić information content (AvgIpc) is 2.34. The van der Waals surface area contributed by atoms with E-state index >= 15 is 0 Å². The van der Waals surface area contributed by atoms with Crippen molar-refractivity contribution in [3.8, 4) is 0 Å². The normalized spacial score (nSPS) is 25.1. The van der Waals surface area contributed by atoms with Crippen LogP contribution in [0, 0.1) is 0 Å². The molecule has 1 saturated heterocycles. The minimum absolute atomic E-state index is 0.0294. The molecule has 17 heavy (non-hydrogen) atoms. The van der Waals surface area contributed by atoms with Crippen LogP contribution in [0.25, 0.3) is 0 Å². The molecule has 1 heterocycles. The van der Waals surface area contributed by atoms with Crippen molar-refractivity contribution in [2.24, 2.45) is 5.73 Å². The second kappa shape index (κ2) is 4.76. The number of nitrogens with zero attached hydrogens (tertiary/aromatic N) is 1. The molecule has 1 aromatic carbocycles. The second-order valence-electron chi connectivity index (χ2n) is 4.40. The Bertz CT molecular complexity index is 421. The Labute approximate surface area is 109 Å². The molecule has 0 saturated carbocycles. The zero-order valence-corrected chi connectivity index (χ0v) is 11.2. The van der Waals surface area contributed by atoms with Crippen LogP contribution in [0.5, 0.6) is 0 Å². The highest BCUT2D eigenvalue weighted by Crippen LogP contribution is 2.24. The van der Waals surface area contributed by atoms with Crippen molar-refractivity contribution in [2.45, 2.75) is 12.5 Å². The summed E-state index contributed by atoms with van der Waals surface area (Å²) in [5, 5.41) is 0. The van der Waals surface area contributed by atoms with Gasteiger partial charge in [-0.25, -0.2) is 0 Å². The first-order valence-electron chi connectivity index (χ1n) is 5.44. The monoisotopic (exact) mass is 298 g/mol. The Morgan fingerprint density at radius 3 is 2.71 bits per heavy atom. The predicted molar refractivity (Wildman–Crippen MR) is 69.9 cm³/mol. The maximum atomic E-state index is 11.8. The van der Waals surface area contributed by atoms with E-state index in [1.807, 2.05) is 31.2 Å². The smallest absolute Gasteiger partial charge is 0.253 e. The summed E-state index contributed by atoms with van der Waals surface area (Å²) in [5.41, 5.74) is 6.10. The lowest BCUT2D eigenvalue weighted by Gasteiger charge is -2.39. The minimum atomic E-state index is -0.457. The molecule has 1 aromatic rings. The summed E-state index contributed by atoms with van der Waals surface area (Å²) in [7, 11) is 0. The van der Waals surface area contributed by atoms with Crippen molar-refractivity contribution in [2.75, 3.05) is 24.6 Å². The standard InChI is InChI=1S/C12H15BrN2O2/c1-12(7-14)8-15(11(16)6-17-12)10-4-2-9(13)3-5-10/h2-5H,6-8,14H2,1H3. The molecule has 5 heteroatoms. The number of morpholine rings is 1. The lowest BCUT2D eigenvalue weighted by molar-refractivity contribution is -0.135. The zero-order valence-electron chi connectivity index (χ0n) is 9.65. The second-order valence-corrected chi connectivity index (χ2v) is 5.31. The number of amides is 1. The third kappa shape index (κ3) is 2.68. The number of nitrogens with two attached hydrogens (primary N) is 1. The molecule has 0 spiro atoms. The quantitative estimate of drug-likeness (QED) is 0.901. The Morgan fingerprint density at radius 2 is 2.12 bits per heavy atom. The van der Waals surface area contributed by atoms with Gasteiger partial charge in [0.2, 0.25) is 0 Å². The molecule has 1 fully saturated rings. The summed E-state index contributed by atoms with van der Waals surface area (Å²) >= 11 is 3.37. The largest absolute Gasteiger partial charge is 0.362 e. The van der Waals surface area contributed by atoms with Crippen molar-refractivity contribution < 1.29 is 9.53 Å².